The van der Waals surface area contributed by atoms with E-state index in [1.54, 1.807) is 30.2 Å². The maximum absolute atomic E-state index is 12.9. The normalized spacial score (nSPS) is 12.7. The summed E-state index contributed by atoms with van der Waals surface area (Å²) in [6.45, 7) is 0. The standard InChI is InChI=1S/C12H12ClFN2O/c1-16-7-15-6-11(16)12(17)4-8-2-3-9(14)5-10(8)13/h2-3,5-7,12,17H,4H2,1H3. The molecule has 0 saturated carbocycles. The molecule has 1 aromatic carbocycles. The second-order valence-electron chi connectivity index (χ2n) is 3.89. The van der Waals surface area contributed by atoms with E-state index in [1.807, 2.05) is 0 Å². The molecule has 0 spiro atoms. The number of aryl methyl sites for hydroxylation is 1. The minimum Gasteiger partial charge on any atom is -0.386 e. The summed E-state index contributed by atoms with van der Waals surface area (Å²) in [4.78, 5) is 3.93. The lowest BCUT2D eigenvalue weighted by molar-refractivity contribution is 0.170. The van der Waals surface area contributed by atoms with Crippen molar-refractivity contribution in [2.75, 3.05) is 0 Å². The van der Waals surface area contributed by atoms with Crippen LogP contribution in [0.25, 0.3) is 0 Å². The lowest BCUT2D eigenvalue weighted by Crippen LogP contribution is -2.07. The van der Waals surface area contributed by atoms with E-state index in [0.717, 1.165) is 0 Å². The summed E-state index contributed by atoms with van der Waals surface area (Å²) in [5.74, 6) is -0.381. The van der Waals surface area contributed by atoms with Crippen molar-refractivity contribution in [1.29, 1.82) is 0 Å². The number of aromatic nitrogens is 2. The number of rotatable bonds is 3. The molecule has 0 bridgehead atoms. The topological polar surface area (TPSA) is 38.0 Å². The molecule has 1 heterocycles. The Morgan fingerprint density at radius 1 is 1.53 bits per heavy atom. The Bertz CT molecular complexity index is 527. The fourth-order valence-corrected chi connectivity index (χ4v) is 1.93. The molecular formula is C12H12ClFN2O. The van der Waals surface area contributed by atoms with Gasteiger partial charge >= 0.3 is 0 Å². The molecule has 1 unspecified atom stereocenters. The van der Waals surface area contributed by atoms with Crippen molar-refractivity contribution in [3.8, 4) is 0 Å². The van der Waals surface area contributed by atoms with E-state index in [4.69, 9.17) is 11.6 Å². The Balaban J connectivity index is 2.19. The van der Waals surface area contributed by atoms with Gasteiger partial charge in [-0.3, -0.25) is 0 Å². The van der Waals surface area contributed by atoms with Crippen molar-refractivity contribution in [3.05, 3.63) is 52.8 Å². The van der Waals surface area contributed by atoms with Crippen molar-refractivity contribution >= 4 is 11.6 Å². The predicted molar refractivity (Wildman–Crippen MR) is 63.3 cm³/mol. The first-order chi connectivity index (χ1) is 8.08. The van der Waals surface area contributed by atoms with Gasteiger partial charge in [-0.25, -0.2) is 9.37 Å². The average Bonchev–Trinajstić information content (AvgIpc) is 2.68. The van der Waals surface area contributed by atoms with Crippen LogP contribution in [0.15, 0.2) is 30.7 Å². The van der Waals surface area contributed by atoms with E-state index in [-0.39, 0.29) is 5.82 Å². The molecule has 90 valence electrons. The maximum atomic E-state index is 12.9. The number of aliphatic hydroxyl groups is 1. The number of imidazole rings is 1. The van der Waals surface area contributed by atoms with E-state index in [2.05, 4.69) is 4.98 Å². The third-order valence-electron chi connectivity index (χ3n) is 2.62. The van der Waals surface area contributed by atoms with Crippen molar-refractivity contribution in [1.82, 2.24) is 9.55 Å². The van der Waals surface area contributed by atoms with Gasteiger partial charge in [0.15, 0.2) is 0 Å². The van der Waals surface area contributed by atoms with Gasteiger partial charge in [-0.2, -0.15) is 0 Å². The molecule has 0 aliphatic rings. The molecular weight excluding hydrogens is 243 g/mol. The van der Waals surface area contributed by atoms with Crippen LogP contribution in [0, 0.1) is 5.82 Å². The molecule has 17 heavy (non-hydrogen) atoms. The Hall–Kier alpha value is -1.39. The van der Waals surface area contributed by atoms with E-state index in [0.29, 0.717) is 22.7 Å². The molecule has 0 amide bonds. The van der Waals surface area contributed by atoms with E-state index < -0.39 is 6.10 Å². The number of halogens is 2. The second kappa shape index (κ2) is 4.85. The zero-order valence-electron chi connectivity index (χ0n) is 9.27. The van der Waals surface area contributed by atoms with E-state index in [1.165, 1.54) is 12.1 Å². The van der Waals surface area contributed by atoms with Gasteiger partial charge in [-0.1, -0.05) is 17.7 Å². The SMILES string of the molecule is Cn1cncc1C(O)Cc1ccc(F)cc1Cl. The number of aliphatic hydroxyl groups excluding tert-OH is 1. The molecule has 2 rings (SSSR count). The van der Waals surface area contributed by atoms with E-state index in [9.17, 15) is 9.50 Å². The summed E-state index contributed by atoms with van der Waals surface area (Å²) < 4.78 is 14.6. The number of benzene rings is 1. The van der Waals surface area contributed by atoms with Gasteiger partial charge in [0.2, 0.25) is 0 Å². The summed E-state index contributed by atoms with van der Waals surface area (Å²) in [6.07, 6.45) is 2.84. The maximum Gasteiger partial charge on any atom is 0.124 e. The molecule has 3 nitrogen and oxygen atoms in total. The third-order valence-corrected chi connectivity index (χ3v) is 2.98. The van der Waals surface area contributed by atoms with Crippen LogP contribution in [0.5, 0.6) is 0 Å². The minimum atomic E-state index is -0.703. The fraction of sp³-hybridized carbons (Fsp3) is 0.250. The lowest BCUT2D eigenvalue weighted by Gasteiger charge is -2.12. The largest absolute Gasteiger partial charge is 0.386 e. The predicted octanol–water partition coefficient (Wildman–Crippen LogP) is 2.49. The third kappa shape index (κ3) is 2.65. The Morgan fingerprint density at radius 3 is 2.88 bits per heavy atom. The van der Waals surface area contributed by atoms with Crippen molar-refractivity contribution in [3.63, 3.8) is 0 Å². The number of hydrogen-bond acceptors (Lipinski definition) is 2. The molecule has 1 aromatic heterocycles. The van der Waals surface area contributed by atoms with Crippen LogP contribution < -0.4 is 0 Å². The molecule has 0 aliphatic carbocycles. The van der Waals surface area contributed by atoms with Crippen molar-refractivity contribution < 1.29 is 9.50 Å². The van der Waals surface area contributed by atoms with Crippen LogP contribution in [-0.2, 0) is 13.5 Å². The van der Waals surface area contributed by atoms with Crippen LogP contribution in [0.1, 0.15) is 17.4 Å². The molecule has 0 aliphatic heterocycles. The van der Waals surface area contributed by atoms with Gasteiger partial charge in [0, 0.05) is 18.5 Å². The highest BCUT2D eigenvalue weighted by Gasteiger charge is 2.14. The smallest absolute Gasteiger partial charge is 0.124 e. The van der Waals surface area contributed by atoms with Crippen LogP contribution in [0.3, 0.4) is 0 Å². The zero-order valence-corrected chi connectivity index (χ0v) is 10.0. The highest BCUT2D eigenvalue weighted by molar-refractivity contribution is 6.31. The highest BCUT2D eigenvalue weighted by atomic mass is 35.5. The van der Waals surface area contributed by atoms with Crippen molar-refractivity contribution in [2.24, 2.45) is 7.05 Å². The van der Waals surface area contributed by atoms with Crippen LogP contribution in [-0.4, -0.2) is 14.7 Å². The van der Waals surface area contributed by atoms with Crippen LogP contribution in [0.4, 0.5) is 4.39 Å². The van der Waals surface area contributed by atoms with Crippen LogP contribution in [0.2, 0.25) is 5.02 Å². The Labute approximate surface area is 103 Å². The molecule has 1 atom stereocenters. The van der Waals surface area contributed by atoms with Gasteiger partial charge in [-0.05, 0) is 17.7 Å². The second-order valence-corrected chi connectivity index (χ2v) is 4.29. The zero-order chi connectivity index (χ0) is 12.4. The summed E-state index contributed by atoms with van der Waals surface area (Å²) in [6, 6.07) is 4.15. The van der Waals surface area contributed by atoms with Crippen LogP contribution >= 0.6 is 11.6 Å². The van der Waals surface area contributed by atoms with Gasteiger partial charge in [-0.15, -0.1) is 0 Å². The Morgan fingerprint density at radius 2 is 2.29 bits per heavy atom. The molecule has 1 N–H and O–H groups in total. The Kier molecular flexibility index (Phi) is 3.45. The summed E-state index contributed by atoms with van der Waals surface area (Å²) in [5.41, 5.74) is 1.41. The molecule has 0 fully saturated rings. The first-order valence-electron chi connectivity index (χ1n) is 5.16. The number of nitrogens with zero attached hydrogens (tertiary/aromatic N) is 2. The lowest BCUT2D eigenvalue weighted by atomic mass is 10.1. The summed E-state index contributed by atoms with van der Waals surface area (Å²) in [5, 5.41) is 10.3. The summed E-state index contributed by atoms with van der Waals surface area (Å²) >= 11 is 5.90. The molecule has 0 saturated heterocycles. The minimum absolute atomic E-state index is 0.325. The van der Waals surface area contributed by atoms with Gasteiger partial charge in [0.05, 0.1) is 24.3 Å². The first-order valence-corrected chi connectivity index (χ1v) is 5.54. The van der Waals surface area contributed by atoms with E-state index >= 15 is 0 Å². The van der Waals surface area contributed by atoms with Gasteiger partial charge in [0.1, 0.15) is 5.82 Å². The molecule has 0 radical (unpaired) electrons. The quantitative estimate of drug-likeness (QED) is 0.914. The van der Waals surface area contributed by atoms with Gasteiger partial charge in [0.25, 0.3) is 0 Å². The highest BCUT2D eigenvalue weighted by Crippen LogP contribution is 2.23. The first kappa shape index (κ1) is 12.1. The summed E-state index contributed by atoms with van der Waals surface area (Å²) in [7, 11) is 1.80. The van der Waals surface area contributed by atoms with Crippen molar-refractivity contribution in [2.45, 2.75) is 12.5 Å². The van der Waals surface area contributed by atoms with Gasteiger partial charge < -0.3 is 9.67 Å². The molecule has 5 heteroatoms. The number of hydrogen-bond donors (Lipinski definition) is 1. The average molecular weight is 255 g/mol. The molecule has 2 aromatic rings. The fourth-order valence-electron chi connectivity index (χ4n) is 1.69. The monoisotopic (exact) mass is 254 g/mol.